The van der Waals surface area contributed by atoms with Crippen LogP contribution in [-0.4, -0.2) is 54.7 Å². The third-order valence-electron chi connectivity index (χ3n) is 10.9. The summed E-state index contributed by atoms with van der Waals surface area (Å²) in [5.41, 5.74) is 5.87. The molecule has 11 heteroatoms. The lowest BCUT2D eigenvalue weighted by molar-refractivity contribution is 0.0133. The Labute approximate surface area is 312 Å². The van der Waals surface area contributed by atoms with Crippen molar-refractivity contribution in [1.29, 1.82) is 0 Å². The quantitative estimate of drug-likeness (QED) is 0.274. The summed E-state index contributed by atoms with van der Waals surface area (Å²) in [6.45, 7) is 4.89. The molecule has 5 atom stereocenters. The molecule has 7 rings (SSSR count). The topological polar surface area (TPSA) is 107 Å². The predicted molar refractivity (Wildman–Crippen MR) is 204 cm³/mol. The van der Waals surface area contributed by atoms with E-state index in [4.69, 9.17) is 25.8 Å². The number of methoxy groups -OCH3 is 1. The Hall–Kier alpha value is -3.70. The minimum absolute atomic E-state index is 0.00605. The van der Waals surface area contributed by atoms with Gasteiger partial charge >= 0.3 is 0 Å². The van der Waals surface area contributed by atoms with E-state index in [-0.39, 0.29) is 23.3 Å². The second-order valence-electron chi connectivity index (χ2n) is 14.7. The fraction of sp³-hybridized carbons (Fsp3) is 0.463. The van der Waals surface area contributed by atoms with Crippen molar-refractivity contribution in [3.05, 3.63) is 105 Å². The number of nitrogens with zero attached hydrogens (tertiary/aromatic N) is 2. The second-order valence-corrected chi connectivity index (χ2v) is 17.1. The lowest BCUT2D eigenvalue weighted by Crippen LogP contribution is -2.43. The van der Waals surface area contributed by atoms with Gasteiger partial charge in [-0.3, -0.25) is 14.3 Å². The highest BCUT2D eigenvalue weighted by atomic mass is 35.5. The molecular formula is C41H48ClN3O6S. The molecule has 1 unspecified atom stereocenters. The summed E-state index contributed by atoms with van der Waals surface area (Å²) in [5.74, 6) is 0.0419. The van der Waals surface area contributed by atoms with Gasteiger partial charge in [0.1, 0.15) is 15.7 Å². The van der Waals surface area contributed by atoms with E-state index in [0.29, 0.717) is 61.0 Å². The molecule has 3 heterocycles. The summed E-state index contributed by atoms with van der Waals surface area (Å²) in [7, 11) is -1.79. The molecule has 1 aliphatic carbocycles. The number of hydrogen-bond acceptors (Lipinski definition) is 7. The van der Waals surface area contributed by atoms with Gasteiger partial charge in [0, 0.05) is 36.3 Å². The molecule has 4 aliphatic rings. The van der Waals surface area contributed by atoms with Crippen LogP contribution in [0.15, 0.2) is 71.1 Å². The Kier molecular flexibility index (Phi) is 11.4. The number of halogens is 1. The highest BCUT2D eigenvalue weighted by Gasteiger charge is 2.38. The van der Waals surface area contributed by atoms with Crippen LogP contribution >= 0.6 is 11.6 Å². The second kappa shape index (κ2) is 16.1. The number of ether oxygens (including phenoxy) is 3. The van der Waals surface area contributed by atoms with Gasteiger partial charge in [-0.25, -0.2) is 4.21 Å². The number of benzene rings is 3. The monoisotopic (exact) mass is 745 g/mol. The summed E-state index contributed by atoms with van der Waals surface area (Å²) >= 11 is 6.48. The van der Waals surface area contributed by atoms with Crippen LogP contribution in [0.5, 0.6) is 5.75 Å². The largest absolute Gasteiger partial charge is 0.491 e. The molecular weight excluding hydrogens is 698 g/mol. The van der Waals surface area contributed by atoms with Gasteiger partial charge < -0.3 is 19.1 Å². The third kappa shape index (κ3) is 8.41. The van der Waals surface area contributed by atoms with Crippen molar-refractivity contribution in [3.63, 3.8) is 0 Å². The number of allylic oxidation sites excluding steroid dienone is 1. The molecule has 2 bridgehead atoms. The molecule has 52 heavy (non-hydrogen) atoms. The first kappa shape index (κ1) is 36.6. The van der Waals surface area contributed by atoms with Crippen molar-refractivity contribution in [2.24, 2.45) is 22.1 Å². The molecule has 0 radical (unpaired) electrons. The molecule has 3 aromatic carbocycles. The minimum atomic E-state index is -3.55. The SMILES string of the molecule is CO[C@H]1/C=C/C[C@H](C)CS(=O)(NC(=O)c2ccc3c(c2)COCC3)=NC(=O)c2ccc3c(c2)N(Cc2ccc(Cl)cc2CCCCO3)C[C@@H]2CC[C@H]21. The van der Waals surface area contributed by atoms with Crippen molar-refractivity contribution in [2.45, 2.75) is 71.1 Å². The zero-order valence-electron chi connectivity index (χ0n) is 30.0. The number of anilines is 1. The summed E-state index contributed by atoms with van der Waals surface area (Å²) < 4.78 is 39.7. The number of nitrogens with one attached hydrogen (secondary N) is 1. The number of aryl methyl sites for hydroxylation is 1. The van der Waals surface area contributed by atoms with Gasteiger partial charge in [0.05, 0.1) is 37.4 Å². The Morgan fingerprint density at radius 1 is 1.00 bits per heavy atom. The highest BCUT2D eigenvalue weighted by molar-refractivity contribution is 7.92. The van der Waals surface area contributed by atoms with Crippen LogP contribution in [0, 0.1) is 17.8 Å². The van der Waals surface area contributed by atoms with Crippen LogP contribution in [0.2, 0.25) is 5.02 Å². The molecule has 1 N–H and O–H groups in total. The van der Waals surface area contributed by atoms with Crippen molar-refractivity contribution in [3.8, 4) is 5.75 Å². The van der Waals surface area contributed by atoms with Gasteiger partial charge in [-0.1, -0.05) is 42.8 Å². The fourth-order valence-corrected chi connectivity index (χ4v) is 9.97. The van der Waals surface area contributed by atoms with Crippen LogP contribution in [0.4, 0.5) is 5.69 Å². The zero-order chi connectivity index (χ0) is 36.2. The molecule has 276 valence electrons. The predicted octanol–water partition coefficient (Wildman–Crippen LogP) is 7.72. The summed E-state index contributed by atoms with van der Waals surface area (Å²) in [6, 6.07) is 16.9. The van der Waals surface area contributed by atoms with Gasteiger partial charge in [-0.2, -0.15) is 0 Å². The maximum atomic E-state index is 14.7. The fourth-order valence-electron chi connectivity index (χ4n) is 7.89. The Bertz CT molecular complexity index is 1970. The van der Waals surface area contributed by atoms with E-state index < -0.39 is 21.7 Å². The van der Waals surface area contributed by atoms with E-state index in [1.165, 1.54) is 11.1 Å². The highest BCUT2D eigenvalue weighted by Crippen LogP contribution is 2.42. The van der Waals surface area contributed by atoms with Crippen LogP contribution in [0.3, 0.4) is 0 Å². The summed E-state index contributed by atoms with van der Waals surface area (Å²) in [4.78, 5) is 30.1. The van der Waals surface area contributed by atoms with Gasteiger partial charge in [0.25, 0.3) is 11.8 Å². The first-order chi connectivity index (χ1) is 25.2. The van der Waals surface area contributed by atoms with Crippen molar-refractivity contribution in [1.82, 2.24) is 4.72 Å². The maximum Gasteiger partial charge on any atom is 0.286 e. The molecule has 3 aromatic rings. The minimum Gasteiger partial charge on any atom is -0.491 e. The van der Waals surface area contributed by atoms with Gasteiger partial charge in [0.15, 0.2) is 0 Å². The average Bonchev–Trinajstić information content (AvgIpc) is 3.15. The van der Waals surface area contributed by atoms with Crippen molar-refractivity contribution in [2.75, 3.05) is 37.5 Å². The molecule has 9 nitrogen and oxygen atoms in total. The molecule has 1 saturated carbocycles. The van der Waals surface area contributed by atoms with Crippen LogP contribution in [0.25, 0.3) is 0 Å². The van der Waals surface area contributed by atoms with Gasteiger partial charge in [0.2, 0.25) is 0 Å². The normalized spacial score (nSPS) is 27.2. The number of fused-ring (bicyclic) bond motifs is 4. The smallest absolute Gasteiger partial charge is 0.286 e. The Morgan fingerprint density at radius 2 is 1.87 bits per heavy atom. The number of hydrogen-bond donors (Lipinski definition) is 1. The van der Waals surface area contributed by atoms with E-state index in [2.05, 4.69) is 38.3 Å². The number of carbonyl (C=O) groups excluding carboxylic acids is 2. The maximum absolute atomic E-state index is 14.7. The number of amides is 2. The molecule has 0 spiro atoms. The molecule has 0 aromatic heterocycles. The van der Waals surface area contributed by atoms with E-state index in [9.17, 15) is 13.8 Å². The van der Waals surface area contributed by atoms with E-state index >= 15 is 0 Å². The Morgan fingerprint density at radius 3 is 2.69 bits per heavy atom. The Balaban J connectivity index is 1.30. The molecule has 3 aliphatic heterocycles. The van der Waals surface area contributed by atoms with Gasteiger partial charge in [-0.15, -0.1) is 4.36 Å². The van der Waals surface area contributed by atoms with Gasteiger partial charge in [-0.05, 0) is 127 Å². The molecule has 2 amide bonds. The van der Waals surface area contributed by atoms with Crippen molar-refractivity contribution < 1.29 is 28.0 Å². The zero-order valence-corrected chi connectivity index (χ0v) is 31.6. The lowest BCUT2D eigenvalue weighted by atomic mass is 9.70. The molecule has 1 fully saturated rings. The lowest BCUT2D eigenvalue weighted by Gasteiger charge is -2.43. The third-order valence-corrected chi connectivity index (χ3v) is 13.1. The summed E-state index contributed by atoms with van der Waals surface area (Å²) in [5, 5.41) is 0.715. The number of carbonyl (C=O) groups is 2. The van der Waals surface area contributed by atoms with E-state index in [1.54, 1.807) is 25.3 Å². The molecule has 0 saturated heterocycles. The standard InChI is InChI=1S/C41H48ClN3O6S/c1-27-6-5-8-38(49-2)36-15-12-33(36)24-45-23-32-11-14-35(42)21-29(32)7-3-4-18-51-39-16-13-31(22-37(39)45)41(47)44-52(48,26-27)43-40(46)30-10-9-28-17-19-50-25-34(28)20-30/h5,8-11,13-14,16,20-22,27,33,36,38H,3-4,6-7,12,15,17-19,23-26H2,1-2H3,(H,43,44,46,47,48)/b8-5+/t27-,33-,36+,38-,52?/m0/s1. The summed E-state index contributed by atoms with van der Waals surface area (Å²) in [6.07, 6.45) is 10.3. The van der Waals surface area contributed by atoms with Crippen LogP contribution in [0.1, 0.15) is 82.0 Å². The van der Waals surface area contributed by atoms with Crippen LogP contribution < -0.4 is 14.4 Å². The first-order valence-corrected chi connectivity index (χ1v) is 20.5. The first-order valence-electron chi connectivity index (χ1n) is 18.5. The van der Waals surface area contributed by atoms with E-state index in [0.717, 1.165) is 61.9 Å². The van der Waals surface area contributed by atoms with E-state index in [1.807, 2.05) is 31.2 Å². The number of rotatable bonds is 3. The average molecular weight is 746 g/mol. The van der Waals surface area contributed by atoms with Crippen molar-refractivity contribution >= 4 is 39.0 Å². The van der Waals surface area contributed by atoms with Crippen LogP contribution in [-0.2, 0) is 45.4 Å².